The van der Waals surface area contributed by atoms with Crippen LogP contribution < -0.4 is 0 Å². The van der Waals surface area contributed by atoms with Crippen LogP contribution in [0, 0.1) is 0 Å². The first-order chi connectivity index (χ1) is 11.4. The van der Waals surface area contributed by atoms with E-state index in [0.29, 0.717) is 5.22 Å². The standard InChI is InChI=1S/C18H24N2O3S/c1-18(2,3)23-17(21)20-11-7-6-8-13(20)12-24-16-19-14-9-4-5-10-15(14)22-16/h4-5,9-10,13H,6-8,11-12H2,1-3H3/t13-/m1/s1. The molecule has 0 radical (unpaired) electrons. The average Bonchev–Trinajstić information content (AvgIpc) is 2.94. The van der Waals surface area contributed by atoms with Crippen LogP contribution >= 0.6 is 11.8 Å². The molecule has 0 unspecified atom stereocenters. The molecule has 6 heteroatoms. The van der Waals surface area contributed by atoms with Gasteiger partial charge in [-0.25, -0.2) is 9.78 Å². The normalized spacial score (nSPS) is 18.8. The van der Waals surface area contributed by atoms with Crippen LogP contribution in [0.25, 0.3) is 11.1 Å². The number of hydrogen-bond acceptors (Lipinski definition) is 5. The summed E-state index contributed by atoms with van der Waals surface area (Å²) in [5.41, 5.74) is 1.20. The lowest BCUT2D eigenvalue weighted by molar-refractivity contribution is 0.0125. The Bertz CT molecular complexity index is 675. The second kappa shape index (κ2) is 7.05. The van der Waals surface area contributed by atoms with Crippen LogP contribution in [0.15, 0.2) is 33.9 Å². The number of fused-ring (bicyclic) bond motifs is 1. The van der Waals surface area contributed by atoms with E-state index >= 15 is 0 Å². The average molecular weight is 348 g/mol. The third kappa shape index (κ3) is 4.23. The molecule has 1 aromatic heterocycles. The number of likely N-dealkylation sites (tertiary alicyclic amines) is 1. The molecule has 2 heterocycles. The summed E-state index contributed by atoms with van der Waals surface area (Å²) in [6.45, 7) is 6.46. The molecule has 1 fully saturated rings. The van der Waals surface area contributed by atoms with Crippen LogP contribution in [0.4, 0.5) is 4.79 Å². The van der Waals surface area contributed by atoms with E-state index in [9.17, 15) is 4.79 Å². The van der Waals surface area contributed by atoms with Crippen molar-refractivity contribution in [2.24, 2.45) is 0 Å². The first-order valence-electron chi connectivity index (χ1n) is 8.40. The number of benzene rings is 1. The number of oxazole rings is 1. The van der Waals surface area contributed by atoms with E-state index in [1.54, 1.807) is 11.8 Å². The molecule has 1 aliphatic heterocycles. The van der Waals surface area contributed by atoms with Crippen molar-refractivity contribution >= 4 is 29.0 Å². The van der Waals surface area contributed by atoms with Crippen molar-refractivity contribution in [2.75, 3.05) is 12.3 Å². The van der Waals surface area contributed by atoms with Gasteiger partial charge in [0.1, 0.15) is 11.1 Å². The van der Waals surface area contributed by atoms with Crippen molar-refractivity contribution in [3.05, 3.63) is 24.3 Å². The molecule has 1 aromatic carbocycles. The molecule has 24 heavy (non-hydrogen) atoms. The first-order valence-corrected chi connectivity index (χ1v) is 9.39. The molecular weight excluding hydrogens is 324 g/mol. The fraction of sp³-hybridized carbons (Fsp3) is 0.556. The summed E-state index contributed by atoms with van der Waals surface area (Å²) in [6, 6.07) is 7.91. The van der Waals surface area contributed by atoms with E-state index in [4.69, 9.17) is 9.15 Å². The fourth-order valence-corrected chi connectivity index (χ4v) is 3.81. The van der Waals surface area contributed by atoms with Crippen molar-refractivity contribution in [1.82, 2.24) is 9.88 Å². The molecule has 2 aromatic rings. The minimum absolute atomic E-state index is 0.161. The van der Waals surface area contributed by atoms with Crippen LogP contribution in [0.3, 0.4) is 0 Å². The van der Waals surface area contributed by atoms with Gasteiger partial charge in [0.2, 0.25) is 0 Å². The Hall–Kier alpha value is -1.69. The van der Waals surface area contributed by atoms with Crippen molar-refractivity contribution in [3.63, 3.8) is 0 Å². The van der Waals surface area contributed by atoms with Crippen molar-refractivity contribution in [3.8, 4) is 0 Å². The Kier molecular flexibility index (Phi) is 5.04. The number of aromatic nitrogens is 1. The summed E-state index contributed by atoms with van der Waals surface area (Å²) < 4.78 is 11.3. The molecule has 0 bridgehead atoms. The van der Waals surface area contributed by atoms with E-state index in [2.05, 4.69) is 4.98 Å². The van der Waals surface area contributed by atoms with Gasteiger partial charge < -0.3 is 14.1 Å². The number of piperidine rings is 1. The van der Waals surface area contributed by atoms with Gasteiger partial charge in [-0.1, -0.05) is 23.9 Å². The van der Waals surface area contributed by atoms with Gasteiger partial charge in [-0.2, -0.15) is 0 Å². The lowest BCUT2D eigenvalue weighted by Crippen LogP contribution is -2.47. The molecule has 3 rings (SSSR count). The number of para-hydroxylation sites is 2. The molecule has 1 amide bonds. The van der Waals surface area contributed by atoms with Crippen LogP contribution in [-0.4, -0.2) is 39.9 Å². The predicted molar refractivity (Wildman–Crippen MR) is 95.3 cm³/mol. The van der Waals surface area contributed by atoms with Gasteiger partial charge >= 0.3 is 6.09 Å². The second-order valence-corrected chi connectivity index (χ2v) is 8.05. The molecule has 1 aliphatic rings. The minimum Gasteiger partial charge on any atom is -0.444 e. The van der Waals surface area contributed by atoms with Crippen LogP contribution in [0.5, 0.6) is 0 Å². The number of carbonyl (C=O) groups excluding carboxylic acids is 1. The summed E-state index contributed by atoms with van der Waals surface area (Å²) in [6.07, 6.45) is 2.94. The number of nitrogens with zero attached hydrogens (tertiary/aromatic N) is 2. The summed E-state index contributed by atoms with van der Waals surface area (Å²) in [5.74, 6) is 0.770. The molecular formula is C18H24N2O3S. The van der Waals surface area contributed by atoms with Gasteiger partial charge in [0.25, 0.3) is 5.22 Å². The zero-order chi connectivity index (χ0) is 17.2. The van der Waals surface area contributed by atoms with E-state index in [1.807, 2.05) is 49.9 Å². The smallest absolute Gasteiger partial charge is 0.410 e. The quantitative estimate of drug-likeness (QED) is 0.752. The van der Waals surface area contributed by atoms with Crippen LogP contribution in [0.1, 0.15) is 40.0 Å². The fourth-order valence-electron chi connectivity index (χ4n) is 2.82. The van der Waals surface area contributed by atoms with Gasteiger partial charge in [0.15, 0.2) is 5.58 Å². The largest absolute Gasteiger partial charge is 0.444 e. The highest BCUT2D eigenvalue weighted by molar-refractivity contribution is 7.99. The lowest BCUT2D eigenvalue weighted by atomic mass is 10.0. The number of carbonyl (C=O) groups is 1. The maximum absolute atomic E-state index is 12.4. The molecule has 0 spiro atoms. The van der Waals surface area contributed by atoms with Crippen LogP contribution in [-0.2, 0) is 4.74 Å². The minimum atomic E-state index is -0.466. The van der Waals surface area contributed by atoms with E-state index in [-0.39, 0.29) is 12.1 Å². The molecule has 0 N–H and O–H groups in total. The maximum Gasteiger partial charge on any atom is 0.410 e. The zero-order valence-corrected chi connectivity index (χ0v) is 15.3. The summed E-state index contributed by atoms with van der Waals surface area (Å²) in [5, 5.41) is 0.658. The van der Waals surface area contributed by atoms with E-state index in [1.165, 1.54) is 0 Å². The molecule has 0 aliphatic carbocycles. The Morgan fingerprint density at radius 2 is 2.17 bits per heavy atom. The highest BCUT2D eigenvalue weighted by atomic mass is 32.2. The summed E-state index contributed by atoms with van der Waals surface area (Å²) >= 11 is 1.56. The van der Waals surface area contributed by atoms with Gasteiger partial charge in [0.05, 0.1) is 0 Å². The van der Waals surface area contributed by atoms with E-state index < -0.39 is 5.60 Å². The molecule has 5 nitrogen and oxygen atoms in total. The third-order valence-electron chi connectivity index (χ3n) is 3.93. The molecule has 1 atom stereocenters. The summed E-state index contributed by atoms with van der Waals surface area (Å²) in [7, 11) is 0. The lowest BCUT2D eigenvalue weighted by Gasteiger charge is -2.36. The Labute approximate surface area is 146 Å². The zero-order valence-electron chi connectivity index (χ0n) is 14.4. The number of thioether (sulfide) groups is 1. The first kappa shape index (κ1) is 17.1. The van der Waals surface area contributed by atoms with Crippen molar-refractivity contribution in [1.29, 1.82) is 0 Å². The highest BCUT2D eigenvalue weighted by Crippen LogP contribution is 2.28. The number of rotatable bonds is 3. The Morgan fingerprint density at radius 1 is 1.38 bits per heavy atom. The van der Waals surface area contributed by atoms with Crippen molar-refractivity contribution < 1.29 is 13.9 Å². The Morgan fingerprint density at radius 3 is 2.92 bits per heavy atom. The van der Waals surface area contributed by atoms with Gasteiger partial charge in [-0.3, -0.25) is 0 Å². The van der Waals surface area contributed by atoms with Gasteiger partial charge in [0, 0.05) is 18.3 Å². The topological polar surface area (TPSA) is 55.6 Å². The number of ether oxygens (including phenoxy) is 1. The SMILES string of the molecule is CC(C)(C)OC(=O)N1CCCC[C@@H]1CSc1nc2ccccc2o1. The highest BCUT2D eigenvalue weighted by Gasteiger charge is 2.30. The number of hydrogen-bond donors (Lipinski definition) is 0. The molecule has 130 valence electrons. The number of amides is 1. The van der Waals surface area contributed by atoms with Crippen molar-refractivity contribution in [2.45, 2.75) is 56.9 Å². The van der Waals surface area contributed by atoms with Gasteiger partial charge in [-0.05, 0) is 52.2 Å². The van der Waals surface area contributed by atoms with Gasteiger partial charge in [-0.15, -0.1) is 0 Å². The second-order valence-electron chi connectivity index (χ2n) is 7.08. The third-order valence-corrected chi connectivity index (χ3v) is 4.90. The molecule has 1 saturated heterocycles. The van der Waals surface area contributed by atoms with E-state index in [0.717, 1.165) is 42.7 Å². The maximum atomic E-state index is 12.4. The molecule has 0 saturated carbocycles. The summed E-state index contributed by atoms with van der Waals surface area (Å²) in [4.78, 5) is 18.8. The predicted octanol–water partition coefficient (Wildman–Crippen LogP) is 4.71. The van der Waals surface area contributed by atoms with Crippen LogP contribution in [0.2, 0.25) is 0 Å². The Balaban J connectivity index is 1.64. The monoisotopic (exact) mass is 348 g/mol.